The highest BCUT2D eigenvalue weighted by atomic mass is 16.7. The van der Waals surface area contributed by atoms with Crippen molar-refractivity contribution in [2.45, 2.75) is 25.8 Å². The van der Waals surface area contributed by atoms with Crippen LogP contribution in [0.4, 0.5) is 0 Å². The largest absolute Gasteiger partial charge is 0.354 e. The van der Waals surface area contributed by atoms with Crippen molar-refractivity contribution in [2.24, 2.45) is 0 Å². The first-order valence-corrected chi connectivity index (χ1v) is 4.55. The fraction of sp³-hybridized carbons (Fsp3) is 0.667. The van der Waals surface area contributed by atoms with Crippen LogP contribution in [0, 0.1) is 0 Å². The van der Waals surface area contributed by atoms with E-state index in [0.717, 1.165) is 12.2 Å². The molecule has 1 aromatic rings. The molecular formula is C9H17N3O2. The second-order valence-electron chi connectivity index (χ2n) is 3.09. The van der Waals surface area contributed by atoms with E-state index in [1.165, 1.54) is 0 Å². The van der Waals surface area contributed by atoms with Gasteiger partial charge < -0.3 is 14.8 Å². The lowest BCUT2D eigenvalue weighted by atomic mass is 10.3. The number of nitrogens with zero attached hydrogens (tertiary/aromatic N) is 1. The molecule has 5 heteroatoms. The number of ether oxygens (including phenoxy) is 2. The molecule has 14 heavy (non-hydrogen) atoms. The molecule has 0 amide bonds. The SMILES string of the molecule is COC(OC)C(C)NCc1ccn[nH]1. The van der Waals surface area contributed by atoms with E-state index in [0.29, 0.717) is 0 Å². The van der Waals surface area contributed by atoms with Crippen LogP contribution in [0.1, 0.15) is 12.6 Å². The highest BCUT2D eigenvalue weighted by Gasteiger charge is 2.14. The summed E-state index contributed by atoms with van der Waals surface area (Å²) in [6.07, 6.45) is 1.50. The molecule has 2 N–H and O–H groups in total. The van der Waals surface area contributed by atoms with Crippen LogP contribution in [0.5, 0.6) is 0 Å². The minimum atomic E-state index is -0.224. The molecular weight excluding hydrogens is 182 g/mol. The molecule has 0 aliphatic heterocycles. The molecule has 0 saturated heterocycles. The smallest absolute Gasteiger partial charge is 0.171 e. The van der Waals surface area contributed by atoms with Crippen LogP contribution in [-0.4, -0.2) is 36.7 Å². The molecule has 0 bridgehead atoms. The molecule has 1 rings (SSSR count). The van der Waals surface area contributed by atoms with Crippen LogP contribution in [0.25, 0.3) is 0 Å². The Hall–Kier alpha value is -0.910. The molecule has 0 aliphatic rings. The molecule has 80 valence electrons. The summed E-state index contributed by atoms with van der Waals surface area (Å²) in [7, 11) is 3.26. The van der Waals surface area contributed by atoms with Gasteiger partial charge in [0.05, 0.1) is 6.04 Å². The molecule has 1 atom stereocenters. The van der Waals surface area contributed by atoms with Crippen molar-refractivity contribution in [2.75, 3.05) is 14.2 Å². The van der Waals surface area contributed by atoms with E-state index in [-0.39, 0.29) is 12.3 Å². The molecule has 5 nitrogen and oxygen atoms in total. The summed E-state index contributed by atoms with van der Waals surface area (Å²) in [5, 5.41) is 10.00. The molecule has 1 unspecified atom stereocenters. The Kier molecular flexibility index (Phi) is 4.58. The summed E-state index contributed by atoms with van der Waals surface area (Å²) in [5.41, 5.74) is 1.04. The number of nitrogens with one attached hydrogen (secondary N) is 2. The van der Waals surface area contributed by atoms with Crippen molar-refractivity contribution >= 4 is 0 Å². The van der Waals surface area contributed by atoms with Gasteiger partial charge in [0.1, 0.15) is 0 Å². The summed E-state index contributed by atoms with van der Waals surface area (Å²) >= 11 is 0. The highest BCUT2D eigenvalue weighted by Crippen LogP contribution is 2.00. The van der Waals surface area contributed by atoms with Gasteiger partial charge in [0.15, 0.2) is 6.29 Å². The van der Waals surface area contributed by atoms with E-state index < -0.39 is 0 Å². The first-order valence-electron chi connectivity index (χ1n) is 4.55. The number of aromatic amines is 1. The standard InChI is InChI=1S/C9H17N3O2/c1-7(9(13-2)14-3)10-6-8-4-5-11-12-8/h4-5,7,9-10H,6H2,1-3H3,(H,11,12). The quantitative estimate of drug-likeness (QED) is 0.655. The zero-order valence-corrected chi connectivity index (χ0v) is 8.78. The Morgan fingerprint density at radius 3 is 2.71 bits per heavy atom. The van der Waals surface area contributed by atoms with E-state index in [2.05, 4.69) is 15.5 Å². The Bertz CT molecular complexity index is 234. The summed E-state index contributed by atoms with van der Waals surface area (Å²) in [6.45, 7) is 2.73. The Balaban J connectivity index is 2.30. The van der Waals surface area contributed by atoms with Gasteiger partial charge in [-0.3, -0.25) is 5.10 Å². The maximum absolute atomic E-state index is 5.12. The average molecular weight is 199 g/mol. The maximum atomic E-state index is 5.12. The van der Waals surface area contributed by atoms with Crippen molar-refractivity contribution < 1.29 is 9.47 Å². The monoisotopic (exact) mass is 199 g/mol. The normalized spacial score (nSPS) is 13.4. The van der Waals surface area contributed by atoms with Gasteiger partial charge in [0, 0.05) is 32.7 Å². The van der Waals surface area contributed by atoms with E-state index in [1.807, 2.05) is 13.0 Å². The van der Waals surface area contributed by atoms with E-state index in [1.54, 1.807) is 20.4 Å². The van der Waals surface area contributed by atoms with Crippen molar-refractivity contribution in [1.82, 2.24) is 15.5 Å². The van der Waals surface area contributed by atoms with Gasteiger partial charge in [0.25, 0.3) is 0 Å². The Morgan fingerprint density at radius 1 is 1.50 bits per heavy atom. The summed E-state index contributed by atoms with van der Waals surface area (Å²) in [4.78, 5) is 0. The fourth-order valence-corrected chi connectivity index (χ4v) is 1.25. The lowest BCUT2D eigenvalue weighted by molar-refractivity contribution is -0.119. The molecule has 1 aromatic heterocycles. The van der Waals surface area contributed by atoms with Gasteiger partial charge in [-0.2, -0.15) is 5.10 Å². The first-order chi connectivity index (χ1) is 6.77. The summed E-state index contributed by atoms with van der Waals surface area (Å²) in [5.74, 6) is 0. The molecule has 0 spiro atoms. The van der Waals surface area contributed by atoms with Crippen LogP contribution in [0.15, 0.2) is 12.3 Å². The van der Waals surface area contributed by atoms with Crippen LogP contribution in [-0.2, 0) is 16.0 Å². The van der Waals surface area contributed by atoms with Crippen LogP contribution in [0.2, 0.25) is 0 Å². The third kappa shape index (κ3) is 3.10. The van der Waals surface area contributed by atoms with Gasteiger partial charge in [-0.05, 0) is 13.0 Å². The van der Waals surface area contributed by atoms with E-state index in [9.17, 15) is 0 Å². The number of hydrogen-bond acceptors (Lipinski definition) is 4. The molecule has 1 heterocycles. The maximum Gasteiger partial charge on any atom is 0.171 e. The van der Waals surface area contributed by atoms with Crippen molar-refractivity contribution in [1.29, 1.82) is 0 Å². The second-order valence-corrected chi connectivity index (χ2v) is 3.09. The zero-order chi connectivity index (χ0) is 10.4. The molecule has 0 saturated carbocycles. The fourth-order valence-electron chi connectivity index (χ4n) is 1.25. The number of H-pyrrole nitrogens is 1. The molecule has 0 radical (unpaired) electrons. The Labute approximate surface area is 83.8 Å². The van der Waals surface area contributed by atoms with Gasteiger partial charge in [-0.25, -0.2) is 0 Å². The molecule has 0 fully saturated rings. The van der Waals surface area contributed by atoms with Crippen molar-refractivity contribution in [3.63, 3.8) is 0 Å². The van der Waals surface area contributed by atoms with Crippen LogP contribution >= 0.6 is 0 Å². The number of methoxy groups -OCH3 is 2. The lowest BCUT2D eigenvalue weighted by Gasteiger charge is -2.21. The number of aromatic nitrogens is 2. The molecule has 0 aliphatic carbocycles. The summed E-state index contributed by atoms with van der Waals surface area (Å²) in [6, 6.07) is 2.06. The van der Waals surface area contributed by atoms with Gasteiger partial charge in [-0.1, -0.05) is 0 Å². The minimum absolute atomic E-state index is 0.133. The Morgan fingerprint density at radius 2 is 2.21 bits per heavy atom. The predicted octanol–water partition coefficient (Wildman–Crippen LogP) is 0.507. The van der Waals surface area contributed by atoms with Gasteiger partial charge in [0.2, 0.25) is 0 Å². The first kappa shape index (κ1) is 11.2. The van der Waals surface area contributed by atoms with Gasteiger partial charge in [-0.15, -0.1) is 0 Å². The predicted molar refractivity (Wildman–Crippen MR) is 52.7 cm³/mol. The van der Waals surface area contributed by atoms with Crippen LogP contribution in [0.3, 0.4) is 0 Å². The third-order valence-corrected chi connectivity index (χ3v) is 2.05. The number of hydrogen-bond donors (Lipinski definition) is 2. The average Bonchev–Trinajstić information content (AvgIpc) is 2.69. The minimum Gasteiger partial charge on any atom is -0.354 e. The topological polar surface area (TPSA) is 59.2 Å². The lowest BCUT2D eigenvalue weighted by Crippen LogP contribution is -2.39. The van der Waals surface area contributed by atoms with Crippen molar-refractivity contribution in [3.05, 3.63) is 18.0 Å². The summed E-state index contributed by atoms with van der Waals surface area (Å²) < 4.78 is 10.2. The van der Waals surface area contributed by atoms with Gasteiger partial charge >= 0.3 is 0 Å². The van der Waals surface area contributed by atoms with E-state index in [4.69, 9.17) is 9.47 Å². The van der Waals surface area contributed by atoms with Crippen LogP contribution < -0.4 is 5.32 Å². The second kappa shape index (κ2) is 5.74. The third-order valence-electron chi connectivity index (χ3n) is 2.05. The van der Waals surface area contributed by atoms with E-state index >= 15 is 0 Å². The number of rotatable bonds is 6. The zero-order valence-electron chi connectivity index (χ0n) is 8.78. The molecule has 0 aromatic carbocycles. The van der Waals surface area contributed by atoms with Crippen molar-refractivity contribution in [3.8, 4) is 0 Å². The highest BCUT2D eigenvalue weighted by molar-refractivity contribution is 4.96.